The number of hydrogen-bond acceptors (Lipinski definition) is 3. The molecule has 4 nitrogen and oxygen atoms in total. The first kappa shape index (κ1) is 13.2. The number of sulfonamides is 1. The molecule has 0 aliphatic carbocycles. The lowest BCUT2D eigenvalue weighted by Crippen LogP contribution is -2.29. The summed E-state index contributed by atoms with van der Waals surface area (Å²) in [5.74, 6) is 0.0991. The second kappa shape index (κ2) is 6.62. The van der Waals surface area contributed by atoms with Crippen LogP contribution in [0.3, 0.4) is 0 Å². The van der Waals surface area contributed by atoms with Crippen LogP contribution in [-0.4, -0.2) is 32.4 Å². The van der Waals surface area contributed by atoms with Crippen molar-refractivity contribution in [3.8, 4) is 0 Å². The van der Waals surface area contributed by atoms with Gasteiger partial charge in [-0.05, 0) is 18.4 Å². The fourth-order valence-corrected chi connectivity index (χ4v) is 2.46. The van der Waals surface area contributed by atoms with Gasteiger partial charge in [0, 0.05) is 6.54 Å². The van der Waals surface area contributed by atoms with E-state index in [1.54, 1.807) is 0 Å². The summed E-state index contributed by atoms with van der Waals surface area (Å²) < 4.78 is 25.0. The summed E-state index contributed by atoms with van der Waals surface area (Å²) in [7, 11) is -3.22. The van der Waals surface area contributed by atoms with Crippen molar-refractivity contribution in [3.05, 3.63) is 35.9 Å². The molecule has 0 heterocycles. The highest BCUT2D eigenvalue weighted by molar-refractivity contribution is 7.89. The molecular formula is C11H17NO3S. The van der Waals surface area contributed by atoms with Gasteiger partial charge in [-0.3, -0.25) is 0 Å². The summed E-state index contributed by atoms with van der Waals surface area (Å²) in [6, 6.07) is 9.77. The third-order valence-corrected chi connectivity index (χ3v) is 3.63. The minimum absolute atomic E-state index is 0.0909. The zero-order valence-electron chi connectivity index (χ0n) is 9.09. The van der Waals surface area contributed by atoms with Crippen LogP contribution in [0, 0.1) is 0 Å². The minimum atomic E-state index is -3.22. The predicted octanol–water partition coefficient (Wildman–Crippen LogP) is 0.531. The molecule has 0 aliphatic rings. The lowest BCUT2D eigenvalue weighted by molar-refractivity contribution is 0.301. The highest BCUT2D eigenvalue weighted by Gasteiger charge is 2.08. The Kier molecular flexibility index (Phi) is 5.45. The molecular weight excluding hydrogens is 226 g/mol. The van der Waals surface area contributed by atoms with Crippen molar-refractivity contribution < 1.29 is 13.5 Å². The normalized spacial score (nSPS) is 11.6. The van der Waals surface area contributed by atoms with Gasteiger partial charge in [0.1, 0.15) is 0 Å². The van der Waals surface area contributed by atoms with E-state index in [1.807, 2.05) is 30.3 Å². The van der Waals surface area contributed by atoms with Gasteiger partial charge in [0.25, 0.3) is 0 Å². The Morgan fingerprint density at radius 3 is 2.50 bits per heavy atom. The van der Waals surface area contributed by atoms with Crippen LogP contribution >= 0.6 is 0 Å². The molecule has 0 saturated heterocycles. The van der Waals surface area contributed by atoms with Crippen molar-refractivity contribution >= 4 is 10.0 Å². The van der Waals surface area contributed by atoms with Gasteiger partial charge in [-0.2, -0.15) is 0 Å². The van der Waals surface area contributed by atoms with Crippen LogP contribution < -0.4 is 4.72 Å². The van der Waals surface area contributed by atoms with Crippen LogP contribution in [0.15, 0.2) is 30.3 Å². The first-order valence-electron chi connectivity index (χ1n) is 5.26. The molecule has 1 aromatic rings. The zero-order valence-corrected chi connectivity index (χ0v) is 9.91. The van der Waals surface area contributed by atoms with Crippen LogP contribution in [0.5, 0.6) is 0 Å². The first-order chi connectivity index (χ1) is 7.64. The average Bonchev–Trinajstić information content (AvgIpc) is 2.28. The fraction of sp³-hybridized carbons (Fsp3) is 0.455. The summed E-state index contributed by atoms with van der Waals surface area (Å²) in [4.78, 5) is 0. The van der Waals surface area contributed by atoms with E-state index >= 15 is 0 Å². The third-order valence-electron chi connectivity index (χ3n) is 2.16. The van der Waals surface area contributed by atoms with E-state index in [-0.39, 0.29) is 18.9 Å². The van der Waals surface area contributed by atoms with E-state index in [1.165, 1.54) is 0 Å². The van der Waals surface area contributed by atoms with Crippen molar-refractivity contribution in [3.63, 3.8) is 0 Å². The molecule has 0 fully saturated rings. The summed E-state index contributed by atoms with van der Waals surface area (Å²) in [6.07, 6.45) is 1.34. The van der Waals surface area contributed by atoms with Gasteiger partial charge in [0.05, 0.1) is 12.4 Å². The molecule has 1 aromatic carbocycles. The van der Waals surface area contributed by atoms with Crippen LogP contribution in [0.25, 0.3) is 0 Å². The molecule has 2 N–H and O–H groups in total. The summed E-state index contributed by atoms with van der Waals surface area (Å²) >= 11 is 0. The second-order valence-corrected chi connectivity index (χ2v) is 5.45. The SMILES string of the molecule is O=S(=O)(CCCc1ccccc1)NCCO. The molecule has 0 spiro atoms. The van der Waals surface area contributed by atoms with Crippen molar-refractivity contribution in [2.75, 3.05) is 18.9 Å². The number of aliphatic hydroxyl groups excluding tert-OH is 1. The lowest BCUT2D eigenvalue weighted by atomic mass is 10.1. The molecule has 0 aromatic heterocycles. The van der Waals surface area contributed by atoms with Crippen molar-refractivity contribution in [2.24, 2.45) is 0 Å². The summed E-state index contributed by atoms with van der Waals surface area (Å²) in [5, 5.41) is 8.51. The van der Waals surface area contributed by atoms with Gasteiger partial charge >= 0.3 is 0 Å². The Morgan fingerprint density at radius 1 is 1.19 bits per heavy atom. The first-order valence-corrected chi connectivity index (χ1v) is 6.91. The molecule has 0 bridgehead atoms. The molecule has 1 rings (SSSR count). The molecule has 5 heteroatoms. The quantitative estimate of drug-likeness (QED) is 0.734. The molecule has 0 aliphatic heterocycles. The number of benzene rings is 1. The monoisotopic (exact) mass is 243 g/mol. The Morgan fingerprint density at radius 2 is 1.88 bits per heavy atom. The molecule has 0 amide bonds. The van der Waals surface area contributed by atoms with E-state index in [0.717, 1.165) is 12.0 Å². The standard InChI is InChI=1S/C11H17NO3S/c13-9-8-12-16(14,15)10-4-7-11-5-2-1-3-6-11/h1-3,5-6,12-13H,4,7-10H2. The largest absolute Gasteiger partial charge is 0.395 e. The number of hydrogen-bond donors (Lipinski definition) is 2. The Bertz CT molecular complexity index is 389. The lowest BCUT2D eigenvalue weighted by Gasteiger charge is -2.05. The minimum Gasteiger partial charge on any atom is -0.395 e. The van der Waals surface area contributed by atoms with E-state index in [4.69, 9.17) is 5.11 Å². The third kappa shape index (κ3) is 5.25. The average molecular weight is 243 g/mol. The van der Waals surface area contributed by atoms with Crippen LogP contribution in [0.1, 0.15) is 12.0 Å². The molecule has 16 heavy (non-hydrogen) atoms. The maximum atomic E-state index is 11.4. The van der Waals surface area contributed by atoms with Gasteiger partial charge < -0.3 is 5.11 Å². The molecule has 90 valence electrons. The van der Waals surface area contributed by atoms with Gasteiger partial charge in [-0.15, -0.1) is 0 Å². The molecule has 0 unspecified atom stereocenters. The maximum absolute atomic E-state index is 11.4. The molecule has 0 atom stereocenters. The van der Waals surface area contributed by atoms with Crippen molar-refractivity contribution in [1.82, 2.24) is 4.72 Å². The number of aryl methyl sites for hydroxylation is 1. The van der Waals surface area contributed by atoms with Crippen LogP contribution in [0.2, 0.25) is 0 Å². The topological polar surface area (TPSA) is 66.4 Å². The van der Waals surface area contributed by atoms with E-state index in [2.05, 4.69) is 4.72 Å². The van der Waals surface area contributed by atoms with Gasteiger partial charge in [0.15, 0.2) is 0 Å². The number of rotatable bonds is 7. The Balaban J connectivity index is 2.30. The van der Waals surface area contributed by atoms with E-state index < -0.39 is 10.0 Å². The number of nitrogens with one attached hydrogen (secondary N) is 1. The second-order valence-electron chi connectivity index (χ2n) is 3.53. The highest BCUT2D eigenvalue weighted by Crippen LogP contribution is 2.03. The summed E-state index contributed by atoms with van der Waals surface area (Å²) in [6.45, 7) is -0.0778. The van der Waals surface area contributed by atoms with E-state index in [0.29, 0.717) is 6.42 Å². The van der Waals surface area contributed by atoms with Gasteiger partial charge in [-0.1, -0.05) is 30.3 Å². The Labute approximate surface area is 96.4 Å². The van der Waals surface area contributed by atoms with Crippen molar-refractivity contribution in [1.29, 1.82) is 0 Å². The maximum Gasteiger partial charge on any atom is 0.211 e. The van der Waals surface area contributed by atoms with E-state index in [9.17, 15) is 8.42 Å². The molecule has 0 radical (unpaired) electrons. The smallest absolute Gasteiger partial charge is 0.211 e. The van der Waals surface area contributed by atoms with Gasteiger partial charge in [0.2, 0.25) is 10.0 Å². The highest BCUT2D eigenvalue weighted by atomic mass is 32.2. The zero-order chi connectivity index (χ0) is 11.9. The Hall–Kier alpha value is -0.910. The molecule has 0 saturated carbocycles. The summed E-state index contributed by atoms with van der Waals surface area (Å²) in [5.41, 5.74) is 1.14. The van der Waals surface area contributed by atoms with Crippen molar-refractivity contribution in [2.45, 2.75) is 12.8 Å². The van der Waals surface area contributed by atoms with Crippen LogP contribution in [0.4, 0.5) is 0 Å². The van der Waals surface area contributed by atoms with Crippen LogP contribution in [-0.2, 0) is 16.4 Å². The predicted molar refractivity (Wildman–Crippen MR) is 63.6 cm³/mol. The number of aliphatic hydroxyl groups is 1. The fourth-order valence-electron chi connectivity index (χ4n) is 1.38. The van der Waals surface area contributed by atoms with Gasteiger partial charge in [-0.25, -0.2) is 13.1 Å².